The van der Waals surface area contributed by atoms with Gasteiger partial charge in [0.2, 0.25) is 11.8 Å². The average molecular weight is 558 g/mol. The first kappa shape index (κ1) is 29.0. The minimum atomic E-state index is -4.13. The molecule has 0 saturated carbocycles. The highest BCUT2D eigenvalue weighted by Crippen LogP contribution is 2.25. The molecule has 0 spiro atoms. The van der Waals surface area contributed by atoms with Gasteiger partial charge in [0.25, 0.3) is 10.0 Å². The molecule has 1 N–H and O–H groups in total. The molecule has 0 fully saturated rings. The lowest BCUT2D eigenvalue weighted by molar-refractivity contribution is -0.139. The Bertz CT molecular complexity index is 1320. The van der Waals surface area contributed by atoms with E-state index >= 15 is 0 Å². The fourth-order valence-corrected chi connectivity index (χ4v) is 5.30. The van der Waals surface area contributed by atoms with E-state index in [0.717, 1.165) is 16.3 Å². The Kier molecular flexibility index (Phi) is 10.2. The first-order valence-electron chi connectivity index (χ1n) is 12.2. The van der Waals surface area contributed by atoms with Crippen molar-refractivity contribution in [2.75, 3.05) is 24.5 Å². The molecule has 0 aromatic heterocycles. The van der Waals surface area contributed by atoms with E-state index in [1.54, 1.807) is 68.6 Å². The van der Waals surface area contributed by atoms with Crippen molar-refractivity contribution in [1.29, 1.82) is 0 Å². The van der Waals surface area contributed by atoms with E-state index in [1.165, 1.54) is 29.2 Å². The van der Waals surface area contributed by atoms with Gasteiger partial charge in [-0.2, -0.15) is 0 Å². The van der Waals surface area contributed by atoms with Gasteiger partial charge in [-0.15, -0.1) is 0 Å². The number of carbonyl (C=O) groups is 2. The smallest absolute Gasteiger partial charge is 0.264 e. The minimum Gasteiger partial charge on any atom is -0.497 e. The molecule has 0 radical (unpaired) electrons. The first-order valence-corrected chi connectivity index (χ1v) is 14.0. The quantitative estimate of drug-likeness (QED) is 0.354. The zero-order valence-electron chi connectivity index (χ0n) is 21.6. The van der Waals surface area contributed by atoms with Crippen molar-refractivity contribution >= 4 is 39.1 Å². The molecule has 0 aliphatic rings. The number of halogens is 1. The zero-order valence-corrected chi connectivity index (χ0v) is 23.2. The van der Waals surface area contributed by atoms with Gasteiger partial charge >= 0.3 is 0 Å². The molecular formula is C28H32ClN3O5S. The third-order valence-electron chi connectivity index (χ3n) is 5.95. The normalized spacial score (nSPS) is 11.9. The zero-order chi connectivity index (χ0) is 27.7. The molecule has 0 heterocycles. The molecule has 1 unspecified atom stereocenters. The number of carbonyl (C=O) groups excluding carboxylic acids is 2. The number of sulfonamides is 1. The van der Waals surface area contributed by atoms with Crippen LogP contribution in [0.1, 0.15) is 25.8 Å². The van der Waals surface area contributed by atoms with Crippen molar-refractivity contribution in [3.05, 3.63) is 89.4 Å². The van der Waals surface area contributed by atoms with Crippen LogP contribution in [0.3, 0.4) is 0 Å². The number of amides is 2. The lowest BCUT2D eigenvalue weighted by Gasteiger charge is -2.32. The van der Waals surface area contributed by atoms with Crippen LogP contribution in [0.5, 0.6) is 5.75 Å². The number of rotatable bonds is 12. The van der Waals surface area contributed by atoms with Gasteiger partial charge in [0.05, 0.1) is 17.7 Å². The van der Waals surface area contributed by atoms with Crippen molar-refractivity contribution in [2.45, 2.75) is 37.8 Å². The molecule has 2 amide bonds. The summed E-state index contributed by atoms with van der Waals surface area (Å²) in [5, 5.41) is 3.21. The molecule has 1 atom stereocenters. The van der Waals surface area contributed by atoms with Gasteiger partial charge in [-0.3, -0.25) is 13.9 Å². The number of nitrogens with zero attached hydrogens (tertiary/aromatic N) is 2. The van der Waals surface area contributed by atoms with E-state index in [-0.39, 0.29) is 17.3 Å². The van der Waals surface area contributed by atoms with Crippen LogP contribution in [0.4, 0.5) is 5.69 Å². The maximum Gasteiger partial charge on any atom is 0.264 e. The number of benzene rings is 3. The van der Waals surface area contributed by atoms with Gasteiger partial charge in [-0.1, -0.05) is 48.9 Å². The molecule has 0 bridgehead atoms. The van der Waals surface area contributed by atoms with Crippen molar-refractivity contribution < 1.29 is 22.7 Å². The van der Waals surface area contributed by atoms with Crippen LogP contribution in [0.15, 0.2) is 83.8 Å². The highest BCUT2D eigenvalue weighted by molar-refractivity contribution is 7.92. The molecule has 38 heavy (non-hydrogen) atoms. The summed E-state index contributed by atoms with van der Waals surface area (Å²) in [6.45, 7) is 3.63. The van der Waals surface area contributed by atoms with Crippen LogP contribution in [0.2, 0.25) is 5.02 Å². The van der Waals surface area contributed by atoms with Crippen LogP contribution in [-0.2, 0) is 26.2 Å². The maximum absolute atomic E-state index is 13.8. The second-order valence-electron chi connectivity index (χ2n) is 8.64. The molecule has 0 saturated heterocycles. The molecule has 0 aliphatic heterocycles. The Hall–Kier alpha value is -3.56. The number of ether oxygens (including phenoxy) is 1. The number of nitrogens with one attached hydrogen (secondary N) is 1. The number of hydrogen-bond acceptors (Lipinski definition) is 5. The molecule has 3 aromatic carbocycles. The predicted octanol–water partition coefficient (Wildman–Crippen LogP) is 4.49. The third kappa shape index (κ3) is 7.26. The van der Waals surface area contributed by atoms with E-state index in [2.05, 4.69) is 5.32 Å². The van der Waals surface area contributed by atoms with Gasteiger partial charge in [0.15, 0.2) is 0 Å². The number of anilines is 1. The lowest BCUT2D eigenvalue weighted by Crippen LogP contribution is -2.51. The predicted molar refractivity (Wildman–Crippen MR) is 149 cm³/mol. The summed E-state index contributed by atoms with van der Waals surface area (Å²) < 4.78 is 33.7. The van der Waals surface area contributed by atoms with Crippen molar-refractivity contribution in [2.24, 2.45) is 0 Å². The monoisotopic (exact) mass is 557 g/mol. The summed E-state index contributed by atoms with van der Waals surface area (Å²) >= 11 is 5.97. The Labute approximate surface area is 229 Å². The summed E-state index contributed by atoms with van der Waals surface area (Å²) in [6.07, 6.45) is 0.742. The Morgan fingerprint density at radius 3 is 2.18 bits per heavy atom. The summed E-state index contributed by atoms with van der Waals surface area (Å²) in [6, 6.07) is 20.4. The van der Waals surface area contributed by atoms with E-state index in [1.807, 2.05) is 6.92 Å². The second-order valence-corrected chi connectivity index (χ2v) is 10.9. The first-order chi connectivity index (χ1) is 18.2. The standard InChI is InChI=1S/C28H32ClN3O5S/c1-4-18-30-28(34)21(2)31(19-22-10-14-25(37-3)15-11-22)27(33)20-32(24-8-6-5-7-9-24)38(35,36)26-16-12-23(29)13-17-26/h5-17,21H,4,18-20H2,1-3H3,(H,30,34). The van der Waals surface area contributed by atoms with Crippen LogP contribution >= 0.6 is 11.6 Å². The minimum absolute atomic E-state index is 0.00556. The highest BCUT2D eigenvalue weighted by atomic mass is 35.5. The molecule has 10 heteroatoms. The van der Waals surface area contributed by atoms with Gasteiger partial charge in [0, 0.05) is 18.1 Å². The van der Waals surface area contributed by atoms with E-state index in [9.17, 15) is 18.0 Å². The molecule has 3 rings (SSSR count). The van der Waals surface area contributed by atoms with Crippen molar-refractivity contribution in [3.63, 3.8) is 0 Å². The summed E-state index contributed by atoms with van der Waals surface area (Å²) in [4.78, 5) is 28.1. The van der Waals surface area contributed by atoms with Gasteiger partial charge < -0.3 is 15.0 Å². The summed E-state index contributed by atoms with van der Waals surface area (Å²) in [7, 11) is -2.57. The van der Waals surface area contributed by atoms with Crippen molar-refractivity contribution in [3.8, 4) is 5.75 Å². The van der Waals surface area contributed by atoms with Gasteiger partial charge in [-0.25, -0.2) is 8.42 Å². The molecule has 3 aromatic rings. The maximum atomic E-state index is 13.8. The van der Waals surface area contributed by atoms with E-state index in [0.29, 0.717) is 23.0 Å². The second kappa shape index (κ2) is 13.3. The lowest BCUT2D eigenvalue weighted by atomic mass is 10.1. The topological polar surface area (TPSA) is 96.0 Å². The number of para-hydroxylation sites is 1. The average Bonchev–Trinajstić information content (AvgIpc) is 2.93. The van der Waals surface area contributed by atoms with Crippen LogP contribution < -0.4 is 14.4 Å². The Balaban J connectivity index is 1.98. The van der Waals surface area contributed by atoms with Gasteiger partial charge in [0.1, 0.15) is 18.3 Å². The molecule has 202 valence electrons. The van der Waals surface area contributed by atoms with E-state index in [4.69, 9.17) is 16.3 Å². The summed E-state index contributed by atoms with van der Waals surface area (Å²) in [5.74, 6) is -0.188. The fourth-order valence-electron chi connectivity index (χ4n) is 3.76. The molecule has 8 nitrogen and oxygen atoms in total. The van der Waals surface area contributed by atoms with Crippen LogP contribution in [-0.4, -0.2) is 51.4 Å². The number of methoxy groups -OCH3 is 1. The van der Waals surface area contributed by atoms with Crippen LogP contribution in [0, 0.1) is 0 Å². The van der Waals surface area contributed by atoms with Gasteiger partial charge in [-0.05, 0) is 67.4 Å². The molecular weight excluding hydrogens is 526 g/mol. The summed E-state index contributed by atoms with van der Waals surface area (Å²) in [5.41, 5.74) is 1.09. The van der Waals surface area contributed by atoms with Crippen molar-refractivity contribution in [1.82, 2.24) is 10.2 Å². The number of hydrogen-bond donors (Lipinski definition) is 1. The largest absolute Gasteiger partial charge is 0.497 e. The SMILES string of the molecule is CCCNC(=O)C(C)N(Cc1ccc(OC)cc1)C(=O)CN(c1ccccc1)S(=O)(=O)c1ccc(Cl)cc1. The van der Waals surface area contributed by atoms with Crippen LogP contribution in [0.25, 0.3) is 0 Å². The van der Waals surface area contributed by atoms with E-state index < -0.39 is 28.5 Å². The molecule has 0 aliphatic carbocycles. The Morgan fingerprint density at radius 2 is 1.61 bits per heavy atom. The Morgan fingerprint density at radius 1 is 0.974 bits per heavy atom. The fraction of sp³-hybridized carbons (Fsp3) is 0.286. The third-order valence-corrected chi connectivity index (χ3v) is 7.99. The highest BCUT2D eigenvalue weighted by Gasteiger charge is 2.32.